The molecule has 1 aromatic heterocycles. The van der Waals surface area contributed by atoms with Gasteiger partial charge in [0.05, 0.1) is 18.9 Å². The summed E-state index contributed by atoms with van der Waals surface area (Å²) in [6, 6.07) is 5.72. The van der Waals surface area contributed by atoms with E-state index < -0.39 is 0 Å². The zero-order chi connectivity index (χ0) is 13.8. The van der Waals surface area contributed by atoms with E-state index >= 15 is 0 Å². The highest BCUT2D eigenvalue weighted by Crippen LogP contribution is 2.24. The molecule has 2 aromatic rings. The molecule has 19 heavy (non-hydrogen) atoms. The molecule has 0 fully saturated rings. The third-order valence-corrected chi connectivity index (χ3v) is 3.24. The molecule has 0 atom stereocenters. The van der Waals surface area contributed by atoms with Crippen molar-refractivity contribution in [2.75, 3.05) is 14.2 Å². The summed E-state index contributed by atoms with van der Waals surface area (Å²) in [7, 11) is 3.36. The second-order valence-corrected chi connectivity index (χ2v) is 5.02. The minimum atomic E-state index is -0.0872. The fourth-order valence-electron chi connectivity index (χ4n) is 1.79. The molecule has 1 aromatic carbocycles. The summed E-state index contributed by atoms with van der Waals surface area (Å²) in [5.74, 6) is 0.672. The first kappa shape index (κ1) is 13.6. The van der Waals surface area contributed by atoms with Gasteiger partial charge in [0, 0.05) is 29.8 Å². The number of ether oxygens (including phenoxy) is 1. The molecule has 2 rings (SSSR count). The lowest BCUT2D eigenvalue weighted by Gasteiger charge is -2.18. The summed E-state index contributed by atoms with van der Waals surface area (Å²) in [5.41, 5.74) is 1.48. The van der Waals surface area contributed by atoms with Gasteiger partial charge in [-0.25, -0.2) is 0 Å². The molecule has 1 N–H and O–H groups in total. The SMILES string of the molecule is COc1ccc(Br)cc1CN(C)C(=O)c1cn[nH]c1. The van der Waals surface area contributed by atoms with E-state index in [-0.39, 0.29) is 5.91 Å². The lowest BCUT2D eigenvalue weighted by molar-refractivity contribution is 0.0784. The second kappa shape index (κ2) is 5.88. The topological polar surface area (TPSA) is 58.2 Å². The van der Waals surface area contributed by atoms with Crippen LogP contribution in [0, 0.1) is 0 Å². The monoisotopic (exact) mass is 323 g/mol. The van der Waals surface area contributed by atoms with Crippen molar-refractivity contribution in [1.82, 2.24) is 15.1 Å². The highest BCUT2D eigenvalue weighted by atomic mass is 79.9. The van der Waals surface area contributed by atoms with E-state index in [1.54, 1.807) is 25.3 Å². The number of nitrogens with zero attached hydrogens (tertiary/aromatic N) is 2. The van der Waals surface area contributed by atoms with Gasteiger partial charge in [0.25, 0.3) is 5.91 Å². The van der Waals surface area contributed by atoms with Crippen LogP contribution in [0.5, 0.6) is 5.75 Å². The van der Waals surface area contributed by atoms with E-state index in [0.29, 0.717) is 12.1 Å². The molecular formula is C13H14BrN3O2. The Kier molecular flexibility index (Phi) is 4.21. The Balaban J connectivity index is 2.17. The van der Waals surface area contributed by atoms with Gasteiger partial charge in [-0.1, -0.05) is 15.9 Å². The van der Waals surface area contributed by atoms with Gasteiger partial charge in [-0.15, -0.1) is 0 Å². The molecule has 0 bridgehead atoms. The van der Waals surface area contributed by atoms with Gasteiger partial charge in [0.1, 0.15) is 5.75 Å². The molecule has 6 heteroatoms. The maximum Gasteiger partial charge on any atom is 0.257 e. The minimum Gasteiger partial charge on any atom is -0.496 e. The molecule has 0 saturated heterocycles. The number of H-pyrrole nitrogens is 1. The number of halogens is 1. The maximum atomic E-state index is 12.1. The van der Waals surface area contributed by atoms with Crippen molar-refractivity contribution in [3.05, 3.63) is 46.2 Å². The van der Waals surface area contributed by atoms with Crippen molar-refractivity contribution in [1.29, 1.82) is 0 Å². The molecule has 5 nitrogen and oxygen atoms in total. The standard InChI is InChI=1S/C13H14BrN3O2/c1-17(13(18)10-6-15-16-7-10)8-9-5-11(14)3-4-12(9)19-2/h3-7H,8H2,1-2H3,(H,15,16). The van der Waals surface area contributed by atoms with Gasteiger partial charge in [-0.05, 0) is 18.2 Å². The number of benzene rings is 1. The minimum absolute atomic E-state index is 0.0872. The average molecular weight is 324 g/mol. The van der Waals surface area contributed by atoms with Crippen LogP contribution in [0.15, 0.2) is 35.1 Å². The first-order valence-corrected chi connectivity index (χ1v) is 6.47. The highest BCUT2D eigenvalue weighted by molar-refractivity contribution is 9.10. The summed E-state index contributed by atoms with van der Waals surface area (Å²) in [6.45, 7) is 0.465. The molecule has 1 amide bonds. The molecule has 0 saturated carbocycles. The van der Waals surface area contributed by atoms with Gasteiger partial charge < -0.3 is 9.64 Å². The molecular weight excluding hydrogens is 310 g/mol. The predicted molar refractivity (Wildman–Crippen MR) is 75.1 cm³/mol. The van der Waals surface area contributed by atoms with Crippen molar-refractivity contribution in [3.8, 4) is 5.75 Å². The van der Waals surface area contributed by atoms with Crippen molar-refractivity contribution in [2.24, 2.45) is 0 Å². The van der Waals surface area contributed by atoms with Gasteiger partial charge in [-0.2, -0.15) is 5.10 Å². The van der Waals surface area contributed by atoms with Gasteiger partial charge >= 0.3 is 0 Å². The lowest BCUT2D eigenvalue weighted by Crippen LogP contribution is -2.26. The number of hydrogen-bond acceptors (Lipinski definition) is 3. The average Bonchev–Trinajstić information content (AvgIpc) is 2.92. The summed E-state index contributed by atoms with van der Waals surface area (Å²) in [6.07, 6.45) is 3.09. The Bertz CT molecular complexity index is 569. The van der Waals surface area contributed by atoms with Crippen LogP contribution in [0.1, 0.15) is 15.9 Å². The zero-order valence-corrected chi connectivity index (χ0v) is 12.3. The first-order chi connectivity index (χ1) is 9.11. The van der Waals surface area contributed by atoms with Crippen LogP contribution in [0.3, 0.4) is 0 Å². The van der Waals surface area contributed by atoms with Gasteiger partial charge in [0.15, 0.2) is 0 Å². The predicted octanol–water partition coefficient (Wildman–Crippen LogP) is 2.45. The fraction of sp³-hybridized carbons (Fsp3) is 0.231. The molecule has 0 aliphatic carbocycles. The van der Waals surface area contributed by atoms with E-state index in [2.05, 4.69) is 26.1 Å². The van der Waals surface area contributed by atoms with E-state index in [1.807, 2.05) is 18.2 Å². The van der Waals surface area contributed by atoms with E-state index in [0.717, 1.165) is 15.8 Å². The summed E-state index contributed by atoms with van der Waals surface area (Å²) >= 11 is 3.42. The van der Waals surface area contributed by atoms with Gasteiger partial charge in [0.2, 0.25) is 0 Å². The van der Waals surface area contributed by atoms with Crippen LogP contribution in [-0.2, 0) is 6.54 Å². The maximum absolute atomic E-state index is 12.1. The van der Waals surface area contributed by atoms with Crippen molar-refractivity contribution in [2.45, 2.75) is 6.54 Å². The second-order valence-electron chi connectivity index (χ2n) is 4.10. The third-order valence-electron chi connectivity index (χ3n) is 2.74. The van der Waals surface area contributed by atoms with E-state index in [4.69, 9.17) is 4.74 Å². The van der Waals surface area contributed by atoms with Crippen LogP contribution in [0.4, 0.5) is 0 Å². The van der Waals surface area contributed by atoms with Crippen LogP contribution in [0.25, 0.3) is 0 Å². The van der Waals surface area contributed by atoms with Crippen LogP contribution >= 0.6 is 15.9 Å². The zero-order valence-electron chi connectivity index (χ0n) is 10.7. The quantitative estimate of drug-likeness (QED) is 0.940. The number of aromatic nitrogens is 2. The Morgan fingerprint density at radius 3 is 2.95 bits per heavy atom. The Morgan fingerprint density at radius 2 is 2.32 bits per heavy atom. The van der Waals surface area contributed by atoms with E-state index in [9.17, 15) is 4.79 Å². The molecule has 0 radical (unpaired) electrons. The molecule has 100 valence electrons. The molecule has 0 unspecified atom stereocenters. The largest absolute Gasteiger partial charge is 0.496 e. The van der Waals surface area contributed by atoms with Crippen molar-refractivity contribution in [3.63, 3.8) is 0 Å². The number of carbonyl (C=O) groups is 1. The molecule has 0 aliphatic rings. The number of amides is 1. The van der Waals surface area contributed by atoms with Gasteiger partial charge in [-0.3, -0.25) is 9.89 Å². The van der Waals surface area contributed by atoms with Crippen LogP contribution in [-0.4, -0.2) is 35.2 Å². The smallest absolute Gasteiger partial charge is 0.257 e. The number of hydrogen-bond donors (Lipinski definition) is 1. The molecule has 1 heterocycles. The summed E-state index contributed by atoms with van der Waals surface area (Å²) in [4.78, 5) is 13.7. The molecule has 0 aliphatic heterocycles. The first-order valence-electron chi connectivity index (χ1n) is 5.68. The van der Waals surface area contributed by atoms with E-state index in [1.165, 1.54) is 6.20 Å². The van der Waals surface area contributed by atoms with Crippen molar-refractivity contribution < 1.29 is 9.53 Å². The number of aromatic amines is 1. The number of carbonyl (C=O) groups excluding carboxylic acids is 1. The summed E-state index contributed by atoms with van der Waals surface area (Å²) in [5, 5.41) is 6.41. The summed E-state index contributed by atoms with van der Waals surface area (Å²) < 4.78 is 6.25. The fourth-order valence-corrected chi connectivity index (χ4v) is 2.19. The highest BCUT2D eigenvalue weighted by Gasteiger charge is 2.15. The Morgan fingerprint density at radius 1 is 1.53 bits per heavy atom. The van der Waals surface area contributed by atoms with Crippen LogP contribution in [0.2, 0.25) is 0 Å². The molecule has 0 spiro atoms. The number of nitrogens with one attached hydrogen (secondary N) is 1. The Labute approximate surface area is 119 Å². The van der Waals surface area contributed by atoms with Crippen LogP contribution < -0.4 is 4.74 Å². The third kappa shape index (κ3) is 3.14. The number of rotatable bonds is 4. The lowest BCUT2D eigenvalue weighted by atomic mass is 10.2. The van der Waals surface area contributed by atoms with Crippen molar-refractivity contribution >= 4 is 21.8 Å². The Hall–Kier alpha value is -1.82. The normalized spacial score (nSPS) is 10.3. The number of methoxy groups -OCH3 is 1.